The minimum Gasteiger partial charge on any atom is -0.507 e. The molecule has 2 N–H and O–H groups in total. The second kappa shape index (κ2) is 13.2. The zero-order chi connectivity index (χ0) is 27.4. The number of hydrogen-bond donors (Lipinski definition) is 2. The summed E-state index contributed by atoms with van der Waals surface area (Å²) in [6.07, 6.45) is 4.43. The van der Waals surface area contributed by atoms with Gasteiger partial charge in [0.25, 0.3) is 5.91 Å². The van der Waals surface area contributed by atoms with Crippen molar-refractivity contribution in [3.8, 4) is 11.4 Å². The molecule has 0 unspecified atom stereocenters. The number of nitrogens with zero attached hydrogens (tertiary/aromatic N) is 2. The van der Waals surface area contributed by atoms with E-state index in [4.69, 9.17) is 0 Å². The van der Waals surface area contributed by atoms with Crippen LogP contribution in [0.25, 0.3) is 16.6 Å². The second-order valence-corrected chi connectivity index (χ2v) is 10.4. The zero-order valence-corrected chi connectivity index (χ0v) is 24.1. The summed E-state index contributed by atoms with van der Waals surface area (Å²) in [5, 5.41) is 15.4. The lowest BCUT2D eigenvalue weighted by Gasteiger charge is -2.27. The fraction of sp³-hybridized carbons (Fsp3) is 0.333. The number of amides is 1. The van der Waals surface area contributed by atoms with Crippen molar-refractivity contribution in [1.29, 1.82) is 0 Å². The molecule has 1 saturated heterocycles. The van der Waals surface area contributed by atoms with Crippen molar-refractivity contribution in [2.75, 3.05) is 19.6 Å². The standard InChI is InChI=1S/C33H37N3O3.ClH/c1-3-29(37)26-21-28-31(27(32(26)38)22-35-19-11-6-12-20-35)30(23(2)36(28)25-15-9-5-10-16-25)33(39)34-18-17-24-13-7-4-8-14-24;/h4-5,7-10,13-16,21,38H,3,6,11-12,17-20,22H2,1-2H3,(H,34,39);1H. The predicted molar refractivity (Wildman–Crippen MR) is 163 cm³/mol. The van der Waals surface area contributed by atoms with E-state index in [1.165, 1.54) is 6.42 Å². The average molecular weight is 560 g/mol. The van der Waals surface area contributed by atoms with Crippen LogP contribution < -0.4 is 5.32 Å². The van der Waals surface area contributed by atoms with Gasteiger partial charge in [-0.05, 0) is 63.0 Å². The Bertz CT molecular complexity index is 1480. The number of carbonyl (C=O) groups is 2. The molecule has 7 heteroatoms. The van der Waals surface area contributed by atoms with Gasteiger partial charge in [-0.15, -0.1) is 12.4 Å². The maximum Gasteiger partial charge on any atom is 0.253 e. The van der Waals surface area contributed by atoms with E-state index < -0.39 is 0 Å². The SMILES string of the molecule is CCC(=O)c1cc2c(c(CN3CCCCC3)c1O)c(C(=O)NCCc1ccccc1)c(C)n2-c1ccccc1.Cl. The Balaban J connectivity index is 0.00000370. The van der Waals surface area contributed by atoms with Crippen LogP contribution >= 0.6 is 12.4 Å². The van der Waals surface area contributed by atoms with Crippen LogP contribution in [0.4, 0.5) is 0 Å². The molecule has 0 spiro atoms. The number of benzene rings is 3. The molecule has 5 rings (SSSR count). The molecule has 1 aliphatic rings. The Hall–Kier alpha value is -3.61. The lowest BCUT2D eigenvalue weighted by molar-refractivity contribution is 0.0953. The van der Waals surface area contributed by atoms with E-state index >= 15 is 0 Å². The quantitative estimate of drug-likeness (QED) is 0.226. The number of carbonyl (C=O) groups excluding carboxylic acids is 2. The van der Waals surface area contributed by atoms with Crippen LogP contribution in [0.15, 0.2) is 66.7 Å². The Morgan fingerprint density at radius 3 is 2.25 bits per heavy atom. The Kier molecular flexibility index (Phi) is 9.67. The number of hydrogen-bond acceptors (Lipinski definition) is 4. The van der Waals surface area contributed by atoms with Crippen molar-refractivity contribution < 1.29 is 14.7 Å². The highest BCUT2D eigenvalue weighted by Crippen LogP contribution is 2.39. The van der Waals surface area contributed by atoms with Gasteiger partial charge in [0, 0.05) is 41.8 Å². The number of Topliss-reactive ketones (excluding diaryl/α,β-unsaturated/α-hetero) is 1. The van der Waals surface area contributed by atoms with Gasteiger partial charge in [-0.1, -0.05) is 61.9 Å². The summed E-state index contributed by atoms with van der Waals surface area (Å²) < 4.78 is 2.05. The highest BCUT2D eigenvalue weighted by Gasteiger charge is 2.29. The molecule has 0 saturated carbocycles. The zero-order valence-electron chi connectivity index (χ0n) is 23.3. The Labute approximate surface area is 242 Å². The third-order valence-electron chi connectivity index (χ3n) is 7.80. The number of aromatic nitrogens is 1. The van der Waals surface area contributed by atoms with E-state index in [1.54, 1.807) is 6.07 Å². The highest BCUT2D eigenvalue weighted by atomic mass is 35.5. The third kappa shape index (κ3) is 5.93. The maximum atomic E-state index is 13.9. The number of nitrogens with one attached hydrogen (secondary N) is 1. The normalized spacial score (nSPS) is 13.7. The first-order chi connectivity index (χ1) is 19.0. The first-order valence-corrected chi connectivity index (χ1v) is 14.0. The van der Waals surface area contributed by atoms with E-state index in [-0.39, 0.29) is 29.8 Å². The van der Waals surface area contributed by atoms with Gasteiger partial charge in [0.15, 0.2) is 5.78 Å². The topological polar surface area (TPSA) is 74.6 Å². The summed E-state index contributed by atoms with van der Waals surface area (Å²) in [4.78, 5) is 29.2. The predicted octanol–water partition coefficient (Wildman–Crippen LogP) is 6.62. The van der Waals surface area contributed by atoms with Crippen molar-refractivity contribution in [3.05, 3.63) is 94.7 Å². The van der Waals surface area contributed by atoms with Crippen molar-refractivity contribution in [2.24, 2.45) is 0 Å². The summed E-state index contributed by atoms with van der Waals surface area (Å²) in [6.45, 7) is 6.62. The molecule has 0 aliphatic carbocycles. The number of ketones is 1. The number of phenols is 1. The van der Waals surface area contributed by atoms with Gasteiger partial charge in [0.05, 0.1) is 16.6 Å². The van der Waals surface area contributed by atoms with Gasteiger partial charge in [-0.3, -0.25) is 14.5 Å². The lowest BCUT2D eigenvalue weighted by Crippen LogP contribution is -2.30. The molecule has 4 aromatic rings. The molecule has 3 aromatic carbocycles. The Morgan fingerprint density at radius 1 is 0.950 bits per heavy atom. The van der Waals surface area contributed by atoms with E-state index in [2.05, 4.69) is 22.3 Å². The summed E-state index contributed by atoms with van der Waals surface area (Å²) in [7, 11) is 0. The summed E-state index contributed by atoms with van der Waals surface area (Å²) >= 11 is 0. The number of fused-ring (bicyclic) bond motifs is 1. The van der Waals surface area contributed by atoms with Gasteiger partial charge in [0.1, 0.15) is 5.75 Å². The molecule has 1 amide bonds. The van der Waals surface area contributed by atoms with Crippen LogP contribution in [0.2, 0.25) is 0 Å². The van der Waals surface area contributed by atoms with E-state index in [0.29, 0.717) is 36.2 Å². The van der Waals surface area contributed by atoms with Crippen molar-refractivity contribution >= 4 is 35.0 Å². The van der Waals surface area contributed by atoms with Crippen molar-refractivity contribution in [1.82, 2.24) is 14.8 Å². The maximum absolute atomic E-state index is 13.9. The van der Waals surface area contributed by atoms with Crippen LogP contribution in [0.1, 0.15) is 70.1 Å². The van der Waals surface area contributed by atoms with Crippen LogP contribution in [0.5, 0.6) is 5.75 Å². The number of para-hydroxylation sites is 1. The molecule has 0 bridgehead atoms. The molecule has 0 atom stereocenters. The van der Waals surface area contributed by atoms with Crippen molar-refractivity contribution in [2.45, 2.75) is 52.5 Å². The van der Waals surface area contributed by atoms with Gasteiger partial charge < -0.3 is 15.0 Å². The third-order valence-corrected chi connectivity index (χ3v) is 7.80. The molecule has 0 radical (unpaired) electrons. The second-order valence-electron chi connectivity index (χ2n) is 10.4. The van der Waals surface area contributed by atoms with E-state index in [9.17, 15) is 14.7 Å². The minimum atomic E-state index is -0.169. The molecule has 2 heterocycles. The van der Waals surface area contributed by atoms with Crippen LogP contribution in [-0.4, -0.2) is 45.9 Å². The largest absolute Gasteiger partial charge is 0.507 e. The Morgan fingerprint density at radius 2 is 1.60 bits per heavy atom. The molecule has 1 aromatic heterocycles. The number of aromatic hydroxyl groups is 1. The highest BCUT2D eigenvalue weighted by molar-refractivity contribution is 6.13. The van der Waals surface area contributed by atoms with E-state index in [1.807, 2.05) is 66.9 Å². The van der Waals surface area contributed by atoms with Crippen molar-refractivity contribution in [3.63, 3.8) is 0 Å². The minimum absolute atomic E-state index is 0. The van der Waals surface area contributed by atoms with Gasteiger partial charge in [-0.2, -0.15) is 0 Å². The van der Waals surface area contributed by atoms with Crippen LogP contribution in [0.3, 0.4) is 0 Å². The van der Waals surface area contributed by atoms with Crippen LogP contribution in [-0.2, 0) is 13.0 Å². The molecule has 1 aliphatic heterocycles. The first kappa shape index (κ1) is 29.4. The van der Waals surface area contributed by atoms with Gasteiger partial charge in [0.2, 0.25) is 0 Å². The lowest BCUT2D eigenvalue weighted by atomic mass is 9.96. The fourth-order valence-electron chi connectivity index (χ4n) is 5.78. The summed E-state index contributed by atoms with van der Waals surface area (Å²) in [6, 6.07) is 21.8. The fourth-order valence-corrected chi connectivity index (χ4v) is 5.78. The van der Waals surface area contributed by atoms with Gasteiger partial charge >= 0.3 is 0 Å². The smallest absolute Gasteiger partial charge is 0.253 e. The van der Waals surface area contributed by atoms with Gasteiger partial charge in [-0.25, -0.2) is 0 Å². The average Bonchev–Trinajstić information content (AvgIpc) is 3.27. The first-order valence-electron chi connectivity index (χ1n) is 14.0. The molecular weight excluding hydrogens is 522 g/mol. The summed E-state index contributed by atoms with van der Waals surface area (Å²) in [5.41, 5.74) is 5.17. The molecule has 40 heavy (non-hydrogen) atoms. The molecule has 210 valence electrons. The molecule has 6 nitrogen and oxygen atoms in total. The molecular formula is C33H38ClN3O3. The molecule has 1 fully saturated rings. The van der Waals surface area contributed by atoms with Crippen LogP contribution in [0, 0.1) is 6.92 Å². The number of rotatable bonds is 9. The number of halogens is 1. The number of piperidine rings is 1. The van der Waals surface area contributed by atoms with E-state index in [0.717, 1.165) is 60.2 Å². The number of phenolic OH excluding ortho intramolecular Hbond substituents is 1. The monoisotopic (exact) mass is 559 g/mol. The summed E-state index contributed by atoms with van der Waals surface area (Å²) in [5.74, 6) is -0.276. The number of likely N-dealkylation sites (tertiary alicyclic amines) is 1.